The van der Waals surface area contributed by atoms with E-state index in [2.05, 4.69) is 17.4 Å². The summed E-state index contributed by atoms with van der Waals surface area (Å²) in [7, 11) is 0. The molecule has 0 heterocycles. The number of halogens is 6. The van der Waals surface area contributed by atoms with Gasteiger partial charge in [-0.05, 0) is 30.5 Å². The molecule has 0 aromatic heterocycles. The van der Waals surface area contributed by atoms with Crippen LogP contribution < -0.4 is 10.9 Å². The highest BCUT2D eigenvalue weighted by atomic mass is 19.4. The first-order chi connectivity index (χ1) is 11.4. The highest BCUT2D eigenvalue weighted by molar-refractivity contribution is 5.94. The molecule has 1 amide bonds. The van der Waals surface area contributed by atoms with Gasteiger partial charge in [0.2, 0.25) is 0 Å². The molecule has 25 heavy (non-hydrogen) atoms. The van der Waals surface area contributed by atoms with Gasteiger partial charge in [0.05, 0.1) is 11.1 Å². The van der Waals surface area contributed by atoms with Gasteiger partial charge in [0.15, 0.2) is 0 Å². The van der Waals surface area contributed by atoms with Crippen molar-refractivity contribution in [2.75, 3.05) is 0 Å². The van der Waals surface area contributed by atoms with Crippen molar-refractivity contribution in [3.8, 4) is 0 Å². The average molecular weight is 368 g/mol. The number of hydrogen-bond acceptors (Lipinski definition) is 2. The number of hydrogen-bond donors (Lipinski definition) is 2. The Hall–Kier alpha value is -2.03. The molecule has 0 unspecified atom stereocenters. The summed E-state index contributed by atoms with van der Waals surface area (Å²) in [5.74, 6) is -1.04. The summed E-state index contributed by atoms with van der Waals surface area (Å²) in [6, 6.07) is 0.460. The number of carbonyl (C=O) groups is 1. The Morgan fingerprint density at radius 2 is 1.56 bits per heavy atom. The van der Waals surface area contributed by atoms with Crippen molar-refractivity contribution in [2.45, 2.75) is 38.7 Å². The number of carbonyl (C=O) groups excluding carboxylic acids is 1. The molecule has 0 fully saturated rings. The lowest BCUT2D eigenvalue weighted by molar-refractivity contribution is -0.143. The standard InChI is InChI=1S/C16H18F6N2O/c1-4-5-13(9(2)3)23-24-14(25)10-6-11(15(17,18)19)8-12(7-10)16(20,21)22/h4,6-9,13,23H,1,5H2,2-3H3,(H,24,25)/t13-/m0/s1. The molecule has 140 valence electrons. The smallest absolute Gasteiger partial charge is 0.287 e. The van der Waals surface area contributed by atoms with Crippen molar-refractivity contribution < 1.29 is 31.1 Å². The van der Waals surface area contributed by atoms with Gasteiger partial charge < -0.3 is 0 Å². The number of benzene rings is 1. The van der Waals surface area contributed by atoms with Gasteiger partial charge in [-0.25, -0.2) is 5.43 Å². The third-order valence-electron chi connectivity index (χ3n) is 3.45. The Labute approximate surface area is 141 Å². The molecular formula is C16H18F6N2O. The van der Waals surface area contributed by atoms with Crippen LogP contribution in [0.1, 0.15) is 41.8 Å². The molecule has 1 aromatic carbocycles. The average Bonchev–Trinajstić information content (AvgIpc) is 2.48. The maximum atomic E-state index is 12.8. The first kappa shape index (κ1) is 21.0. The fourth-order valence-electron chi connectivity index (χ4n) is 1.99. The zero-order valence-corrected chi connectivity index (χ0v) is 13.6. The Bertz CT molecular complexity index is 590. The van der Waals surface area contributed by atoms with Crippen LogP contribution in [0.5, 0.6) is 0 Å². The molecule has 0 spiro atoms. The lowest BCUT2D eigenvalue weighted by Gasteiger charge is -2.21. The molecule has 0 aliphatic carbocycles. The first-order valence-corrected chi connectivity index (χ1v) is 7.32. The van der Waals surface area contributed by atoms with Crippen LogP contribution >= 0.6 is 0 Å². The summed E-state index contributed by atoms with van der Waals surface area (Å²) in [6.07, 6.45) is -7.98. The lowest BCUT2D eigenvalue weighted by atomic mass is 10.0. The van der Waals surface area contributed by atoms with E-state index >= 15 is 0 Å². The maximum absolute atomic E-state index is 12.8. The quantitative estimate of drug-likeness (QED) is 0.439. The predicted molar refractivity (Wildman–Crippen MR) is 80.5 cm³/mol. The van der Waals surface area contributed by atoms with Crippen LogP contribution in [0.4, 0.5) is 26.3 Å². The molecule has 0 saturated carbocycles. The first-order valence-electron chi connectivity index (χ1n) is 7.32. The molecule has 1 atom stereocenters. The van der Waals surface area contributed by atoms with E-state index < -0.39 is 35.0 Å². The number of rotatable bonds is 6. The Balaban J connectivity index is 3.10. The molecule has 0 aliphatic heterocycles. The molecule has 0 radical (unpaired) electrons. The van der Waals surface area contributed by atoms with Crippen LogP contribution in [0.15, 0.2) is 30.9 Å². The van der Waals surface area contributed by atoms with Crippen molar-refractivity contribution in [1.82, 2.24) is 10.9 Å². The van der Waals surface area contributed by atoms with Crippen LogP contribution in [0, 0.1) is 5.92 Å². The van der Waals surface area contributed by atoms with Crippen molar-refractivity contribution in [3.63, 3.8) is 0 Å². The van der Waals surface area contributed by atoms with Gasteiger partial charge in [0, 0.05) is 11.6 Å². The number of amides is 1. The molecule has 1 aromatic rings. The highest BCUT2D eigenvalue weighted by Crippen LogP contribution is 2.36. The van der Waals surface area contributed by atoms with Crippen LogP contribution in [-0.2, 0) is 12.4 Å². The number of nitrogens with one attached hydrogen (secondary N) is 2. The van der Waals surface area contributed by atoms with E-state index in [4.69, 9.17) is 0 Å². The minimum Gasteiger partial charge on any atom is -0.287 e. The minimum atomic E-state index is -5.01. The fraction of sp³-hybridized carbons (Fsp3) is 0.438. The van der Waals surface area contributed by atoms with Gasteiger partial charge in [0.1, 0.15) is 0 Å². The second kappa shape index (κ2) is 7.90. The van der Waals surface area contributed by atoms with E-state index in [1.807, 2.05) is 13.8 Å². The summed E-state index contributed by atoms with van der Waals surface area (Å²) in [6.45, 7) is 7.21. The van der Waals surface area contributed by atoms with E-state index in [-0.39, 0.29) is 18.0 Å². The zero-order valence-electron chi connectivity index (χ0n) is 13.6. The second-order valence-corrected chi connectivity index (χ2v) is 5.77. The molecule has 2 N–H and O–H groups in total. The topological polar surface area (TPSA) is 41.1 Å². The van der Waals surface area contributed by atoms with Gasteiger partial charge in [-0.3, -0.25) is 10.2 Å². The summed E-state index contributed by atoms with van der Waals surface area (Å²) in [5, 5.41) is 0. The minimum absolute atomic E-state index is 0.0289. The Morgan fingerprint density at radius 3 is 1.92 bits per heavy atom. The second-order valence-electron chi connectivity index (χ2n) is 5.77. The van der Waals surface area contributed by atoms with Crippen molar-refractivity contribution in [2.24, 2.45) is 5.92 Å². The Morgan fingerprint density at radius 1 is 1.08 bits per heavy atom. The van der Waals surface area contributed by atoms with Gasteiger partial charge in [0.25, 0.3) is 5.91 Å². The molecule has 0 bridgehead atoms. The van der Waals surface area contributed by atoms with Crippen LogP contribution in [0.25, 0.3) is 0 Å². The van der Waals surface area contributed by atoms with E-state index in [1.54, 1.807) is 6.08 Å². The Kier molecular flexibility index (Phi) is 6.64. The van der Waals surface area contributed by atoms with Gasteiger partial charge >= 0.3 is 12.4 Å². The third kappa shape index (κ3) is 6.08. The number of hydrazine groups is 1. The maximum Gasteiger partial charge on any atom is 0.416 e. The van der Waals surface area contributed by atoms with Gasteiger partial charge in [-0.1, -0.05) is 19.9 Å². The summed E-state index contributed by atoms with van der Waals surface area (Å²) in [5.41, 5.74) is 0.927. The molecule has 0 aliphatic rings. The zero-order chi connectivity index (χ0) is 19.4. The van der Waals surface area contributed by atoms with Gasteiger partial charge in [-0.2, -0.15) is 26.3 Å². The predicted octanol–water partition coefficient (Wildman–Crippen LogP) is 4.56. The largest absolute Gasteiger partial charge is 0.416 e. The molecular weight excluding hydrogens is 350 g/mol. The van der Waals surface area contributed by atoms with E-state index in [1.165, 1.54) is 0 Å². The molecule has 0 saturated heterocycles. The fourth-order valence-corrected chi connectivity index (χ4v) is 1.99. The van der Waals surface area contributed by atoms with Crippen molar-refractivity contribution >= 4 is 5.91 Å². The van der Waals surface area contributed by atoms with Gasteiger partial charge in [-0.15, -0.1) is 6.58 Å². The van der Waals surface area contributed by atoms with E-state index in [0.717, 1.165) is 0 Å². The highest BCUT2D eigenvalue weighted by Gasteiger charge is 2.37. The van der Waals surface area contributed by atoms with E-state index in [9.17, 15) is 31.1 Å². The molecule has 3 nitrogen and oxygen atoms in total. The third-order valence-corrected chi connectivity index (χ3v) is 3.45. The van der Waals surface area contributed by atoms with Crippen molar-refractivity contribution in [3.05, 3.63) is 47.5 Å². The SMILES string of the molecule is C=CC[C@H](NNC(=O)c1cc(C(F)(F)F)cc(C(F)(F)F)c1)C(C)C. The van der Waals surface area contributed by atoms with Crippen LogP contribution in [0.2, 0.25) is 0 Å². The summed E-state index contributed by atoms with van der Waals surface area (Å²) >= 11 is 0. The van der Waals surface area contributed by atoms with Crippen molar-refractivity contribution in [1.29, 1.82) is 0 Å². The summed E-state index contributed by atoms with van der Waals surface area (Å²) in [4.78, 5) is 12.0. The van der Waals surface area contributed by atoms with Crippen LogP contribution in [-0.4, -0.2) is 11.9 Å². The monoisotopic (exact) mass is 368 g/mol. The molecule has 1 rings (SSSR count). The van der Waals surface area contributed by atoms with E-state index in [0.29, 0.717) is 18.6 Å². The van der Waals surface area contributed by atoms with Crippen LogP contribution in [0.3, 0.4) is 0 Å². The lowest BCUT2D eigenvalue weighted by Crippen LogP contribution is -2.46. The normalized spacial score (nSPS) is 13.6. The number of alkyl halides is 6. The molecule has 9 heteroatoms. The summed E-state index contributed by atoms with van der Waals surface area (Å²) < 4.78 is 76.8.